The third-order valence-electron chi connectivity index (χ3n) is 3.69. The third kappa shape index (κ3) is 3.34. The maximum atomic E-state index is 5.66. The second-order valence-corrected chi connectivity index (χ2v) is 6.16. The molecule has 1 aliphatic heterocycles. The molecule has 0 fully saturated rings. The Balaban J connectivity index is 1.92. The number of allylic oxidation sites excluding steroid dienone is 1. The van der Waals surface area contributed by atoms with Crippen LogP contribution >= 0.6 is 0 Å². The fraction of sp³-hybridized carbons (Fsp3) is 0.438. The molecular formula is C16H22N5O2+. The van der Waals surface area contributed by atoms with Gasteiger partial charge in [0, 0.05) is 11.8 Å². The summed E-state index contributed by atoms with van der Waals surface area (Å²) in [6, 6.07) is 3.87. The lowest BCUT2D eigenvalue weighted by atomic mass is 10.2. The van der Waals surface area contributed by atoms with Crippen molar-refractivity contribution < 1.29 is 9.26 Å². The minimum absolute atomic E-state index is 0.0775. The number of hydrogen-bond donors (Lipinski definition) is 1. The highest BCUT2D eigenvalue weighted by molar-refractivity contribution is 5.74. The number of hydrogen-bond acceptors (Lipinski definition) is 5. The third-order valence-corrected chi connectivity index (χ3v) is 3.69. The van der Waals surface area contributed by atoms with Crippen molar-refractivity contribution in [3.05, 3.63) is 35.4 Å². The molecule has 7 nitrogen and oxygen atoms in total. The molecule has 0 spiro atoms. The van der Waals surface area contributed by atoms with Crippen LogP contribution in [0.2, 0.25) is 0 Å². The van der Waals surface area contributed by atoms with E-state index in [2.05, 4.69) is 26.4 Å². The average Bonchev–Trinajstić information content (AvgIpc) is 3.11. The normalized spacial score (nSPS) is 20.8. The predicted molar refractivity (Wildman–Crippen MR) is 88.2 cm³/mol. The number of nitrogens with one attached hydrogen (secondary N) is 1. The highest BCUT2D eigenvalue weighted by Gasteiger charge is 2.34. The fourth-order valence-electron chi connectivity index (χ4n) is 2.54. The molecule has 0 aliphatic carbocycles. The molecule has 122 valence electrons. The first-order valence-corrected chi connectivity index (χ1v) is 7.70. The van der Waals surface area contributed by atoms with Crippen molar-refractivity contribution in [2.45, 2.75) is 40.3 Å². The van der Waals surface area contributed by atoms with Gasteiger partial charge in [0.2, 0.25) is 11.7 Å². The van der Waals surface area contributed by atoms with Crippen molar-refractivity contribution in [1.82, 2.24) is 19.8 Å². The Kier molecular flexibility index (Phi) is 4.04. The largest absolute Gasteiger partial charge is 0.474 e. The summed E-state index contributed by atoms with van der Waals surface area (Å²) in [5.41, 5.74) is 1.87. The minimum Gasteiger partial charge on any atom is -0.474 e. The Labute approximate surface area is 135 Å². The Morgan fingerprint density at radius 2 is 2.17 bits per heavy atom. The topological polar surface area (TPSA) is 76.3 Å². The molecule has 3 rings (SSSR count). The van der Waals surface area contributed by atoms with Crippen LogP contribution in [-0.2, 0) is 6.54 Å². The molecule has 2 aromatic heterocycles. The van der Waals surface area contributed by atoms with Gasteiger partial charge in [0.1, 0.15) is 6.54 Å². The number of ether oxygens (including phenoxy) is 1. The highest BCUT2D eigenvalue weighted by atomic mass is 16.5. The van der Waals surface area contributed by atoms with Crippen LogP contribution in [0.5, 0.6) is 5.88 Å². The van der Waals surface area contributed by atoms with Gasteiger partial charge in [-0.05, 0) is 33.8 Å². The first-order chi connectivity index (χ1) is 11.0. The fourth-order valence-corrected chi connectivity index (χ4v) is 2.54. The van der Waals surface area contributed by atoms with Gasteiger partial charge in [0.05, 0.1) is 17.9 Å². The standard InChI is InChI=1S/C16H22N5O2/c1-11(2)22-16-8-15(18-19-16)21(6-5-12(3)17-10-21)9-14-7-13(4)20-23-14/h5,7-8,10-11H,6,9H2,1-4H3,(H,18,19)/q+1. The van der Waals surface area contributed by atoms with Crippen molar-refractivity contribution in [2.75, 3.05) is 6.54 Å². The van der Waals surface area contributed by atoms with Gasteiger partial charge >= 0.3 is 0 Å². The van der Waals surface area contributed by atoms with Crippen molar-refractivity contribution in [3.63, 3.8) is 0 Å². The molecule has 0 aromatic carbocycles. The Hall–Kier alpha value is -2.41. The van der Waals surface area contributed by atoms with E-state index in [1.807, 2.05) is 46.2 Å². The van der Waals surface area contributed by atoms with Gasteiger partial charge < -0.3 is 9.26 Å². The number of quaternary nitrogens is 1. The molecule has 23 heavy (non-hydrogen) atoms. The monoisotopic (exact) mass is 316 g/mol. The lowest BCUT2D eigenvalue weighted by Gasteiger charge is -2.31. The van der Waals surface area contributed by atoms with Crippen LogP contribution < -0.4 is 9.22 Å². The summed E-state index contributed by atoms with van der Waals surface area (Å²) in [5, 5.41) is 11.3. The van der Waals surface area contributed by atoms with Crippen LogP contribution in [0.3, 0.4) is 0 Å². The van der Waals surface area contributed by atoms with E-state index in [4.69, 9.17) is 9.26 Å². The first-order valence-electron chi connectivity index (χ1n) is 7.70. The van der Waals surface area contributed by atoms with E-state index in [-0.39, 0.29) is 6.10 Å². The smallest absolute Gasteiger partial charge is 0.239 e. The summed E-state index contributed by atoms with van der Waals surface area (Å²) in [5.74, 6) is 2.30. The van der Waals surface area contributed by atoms with Crippen molar-refractivity contribution >= 4 is 12.2 Å². The Bertz CT molecular complexity index is 743. The Morgan fingerprint density at radius 3 is 2.78 bits per heavy atom. The zero-order valence-electron chi connectivity index (χ0n) is 13.9. The first kappa shape index (κ1) is 15.5. The molecular weight excluding hydrogens is 294 g/mol. The summed E-state index contributed by atoms with van der Waals surface area (Å²) < 4.78 is 11.5. The van der Waals surface area contributed by atoms with E-state index in [0.29, 0.717) is 16.9 Å². The number of nitrogens with zero attached hydrogens (tertiary/aromatic N) is 4. The molecule has 3 heterocycles. The van der Waals surface area contributed by atoms with Crippen LogP contribution in [0.25, 0.3) is 0 Å². The van der Waals surface area contributed by atoms with Gasteiger partial charge in [0.15, 0.2) is 18.6 Å². The summed E-state index contributed by atoms with van der Waals surface area (Å²) in [6.07, 6.45) is 4.10. The van der Waals surface area contributed by atoms with Crippen molar-refractivity contribution in [3.8, 4) is 5.88 Å². The van der Waals surface area contributed by atoms with Gasteiger partial charge in [-0.2, -0.15) is 0 Å². The lowest BCUT2D eigenvalue weighted by Crippen LogP contribution is -2.49. The number of H-pyrrole nitrogens is 1. The van der Waals surface area contributed by atoms with Gasteiger partial charge in [-0.3, -0.25) is 0 Å². The molecule has 1 aliphatic rings. The van der Waals surface area contributed by atoms with Crippen LogP contribution in [0.4, 0.5) is 5.82 Å². The molecule has 0 radical (unpaired) electrons. The number of aromatic amines is 1. The zero-order chi connectivity index (χ0) is 16.4. The quantitative estimate of drug-likeness (QED) is 0.860. The molecule has 1 atom stereocenters. The average molecular weight is 316 g/mol. The van der Waals surface area contributed by atoms with E-state index in [0.717, 1.165) is 29.5 Å². The number of aromatic nitrogens is 3. The van der Waals surface area contributed by atoms with Gasteiger partial charge in [-0.1, -0.05) is 5.16 Å². The number of rotatable bonds is 5. The molecule has 0 saturated carbocycles. The van der Waals surface area contributed by atoms with E-state index < -0.39 is 0 Å². The van der Waals surface area contributed by atoms with E-state index in [1.54, 1.807) is 0 Å². The molecule has 0 bridgehead atoms. The highest BCUT2D eigenvalue weighted by Crippen LogP contribution is 2.28. The predicted octanol–water partition coefficient (Wildman–Crippen LogP) is 2.95. The summed E-state index contributed by atoms with van der Waals surface area (Å²) >= 11 is 0. The summed E-state index contributed by atoms with van der Waals surface area (Å²) in [6.45, 7) is 9.23. The maximum absolute atomic E-state index is 5.66. The second-order valence-electron chi connectivity index (χ2n) is 6.16. The molecule has 1 unspecified atom stereocenters. The van der Waals surface area contributed by atoms with E-state index in [1.165, 1.54) is 0 Å². The Morgan fingerprint density at radius 1 is 1.35 bits per heavy atom. The van der Waals surface area contributed by atoms with Crippen molar-refractivity contribution in [1.29, 1.82) is 0 Å². The van der Waals surface area contributed by atoms with Crippen LogP contribution in [-0.4, -0.2) is 34.3 Å². The van der Waals surface area contributed by atoms with Crippen LogP contribution in [0.15, 0.2) is 33.4 Å². The van der Waals surface area contributed by atoms with Crippen LogP contribution in [0.1, 0.15) is 32.2 Å². The number of aryl methyl sites for hydroxylation is 1. The summed E-state index contributed by atoms with van der Waals surface area (Å²) in [7, 11) is 0. The van der Waals surface area contributed by atoms with Crippen molar-refractivity contribution in [2.24, 2.45) is 4.99 Å². The SMILES string of the molecule is CC1=CC[N+](Cc2cc(C)no2)(c2cc(OC(C)C)n[nH]2)C=N1. The second kappa shape index (κ2) is 6.00. The summed E-state index contributed by atoms with van der Waals surface area (Å²) in [4.78, 5) is 4.49. The van der Waals surface area contributed by atoms with E-state index in [9.17, 15) is 0 Å². The van der Waals surface area contributed by atoms with Gasteiger partial charge in [-0.25, -0.2) is 14.6 Å². The van der Waals surface area contributed by atoms with E-state index >= 15 is 0 Å². The molecule has 7 heteroatoms. The van der Waals surface area contributed by atoms with Crippen LogP contribution in [0, 0.1) is 6.92 Å². The minimum atomic E-state index is 0.0775. The molecule has 1 N–H and O–H groups in total. The maximum Gasteiger partial charge on any atom is 0.239 e. The van der Waals surface area contributed by atoms with Gasteiger partial charge in [0.25, 0.3) is 0 Å². The molecule has 0 amide bonds. The molecule has 2 aromatic rings. The number of aliphatic imine (C=N–C) groups is 1. The lowest BCUT2D eigenvalue weighted by molar-refractivity contribution is 0.232. The molecule has 0 saturated heterocycles. The van der Waals surface area contributed by atoms with Gasteiger partial charge in [-0.15, -0.1) is 5.10 Å². The zero-order valence-corrected chi connectivity index (χ0v) is 13.9.